The van der Waals surface area contributed by atoms with Crippen molar-refractivity contribution in [1.82, 2.24) is 10.3 Å². The zero-order valence-corrected chi connectivity index (χ0v) is 11.9. The van der Waals surface area contributed by atoms with Crippen molar-refractivity contribution in [1.29, 1.82) is 0 Å². The minimum absolute atomic E-state index is 0.315. The molecule has 0 spiro atoms. The summed E-state index contributed by atoms with van der Waals surface area (Å²) >= 11 is 1.79. The largest absolute Gasteiger partial charge is 0.481 e. The van der Waals surface area contributed by atoms with Crippen molar-refractivity contribution < 1.29 is 4.74 Å². The molecule has 0 atom stereocenters. The smallest absolute Gasteiger partial charge is 0.213 e. The van der Waals surface area contributed by atoms with E-state index >= 15 is 0 Å². The molecular weight excluding hydrogens is 246 g/mol. The van der Waals surface area contributed by atoms with Gasteiger partial charge in [-0.2, -0.15) is 0 Å². The van der Waals surface area contributed by atoms with Crippen LogP contribution in [0.1, 0.15) is 19.4 Å². The fourth-order valence-corrected chi connectivity index (χ4v) is 2.55. The van der Waals surface area contributed by atoms with E-state index in [1.165, 1.54) is 0 Å². The number of aliphatic imine (C=N–C) groups is 1. The zero-order valence-electron chi connectivity index (χ0n) is 11.1. The monoisotopic (exact) mass is 265 g/mol. The van der Waals surface area contributed by atoms with E-state index in [1.54, 1.807) is 25.1 Å². The second kappa shape index (κ2) is 5.61. The number of rotatable bonds is 3. The Bertz CT molecular complexity index is 446. The first-order valence-electron chi connectivity index (χ1n) is 5.99. The normalized spacial score (nSPS) is 18.1. The molecule has 1 aliphatic heterocycles. The molecule has 1 N–H and O–H groups in total. The van der Waals surface area contributed by atoms with Gasteiger partial charge in [0.15, 0.2) is 5.17 Å². The number of aromatic nitrogens is 1. The summed E-state index contributed by atoms with van der Waals surface area (Å²) in [5, 5.41) is 4.39. The van der Waals surface area contributed by atoms with E-state index in [2.05, 4.69) is 29.1 Å². The van der Waals surface area contributed by atoms with E-state index in [4.69, 9.17) is 4.74 Å². The van der Waals surface area contributed by atoms with Gasteiger partial charge in [-0.3, -0.25) is 4.99 Å². The molecule has 0 radical (unpaired) electrons. The summed E-state index contributed by atoms with van der Waals surface area (Å²) in [4.78, 5) is 8.65. The highest BCUT2D eigenvalue weighted by molar-refractivity contribution is 8.13. The highest BCUT2D eigenvalue weighted by Crippen LogP contribution is 2.27. The molecule has 2 heterocycles. The van der Waals surface area contributed by atoms with Crippen molar-refractivity contribution in [3.63, 3.8) is 0 Å². The van der Waals surface area contributed by atoms with Gasteiger partial charge in [0, 0.05) is 31.1 Å². The summed E-state index contributed by atoms with van der Waals surface area (Å²) in [6.45, 7) is 6.13. The Morgan fingerprint density at radius 1 is 1.50 bits per heavy atom. The molecule has 0 fully saturated rings. The van der Waals surface area contributed by atoms with Gasteiger partial charge >= 0.3 is 0 Å². The number of pyridine rings is 1. The third kappa shape index (κ3) is 3.63. The van der Waals surface area contributed by atoms with Crippen molar-refractivity contribution in [2.75, 3.05) is 19.4 Å². The summed E-state index contributed by atoms with van der Waals surface area (Å²) in [7, 11) is 1.63. The van der Waals surface area contributed by atoms with Crippen molar-refractivity contribution in [3.8, 4) is 5.88 Å². The van der Waals surface area contributed by atoms with Crippen LogP contribution in [0.3, 0.4) is 0 Å². The van der Waals surface area contributed by atoms with Gasteiger partial charge < -0.3 is 10.1 Å². The first-order chi connectivity index (χ1) is 8.59. The molecule has 18 heavy (non-hydrogen) atoms. The molecule has 1 aromatic rings. The van der Waals surface area contributed by atoms with Crippen LogP contribution in [0.4, 0.5) is 0 Å². The SMILES string of the molecule is COc1cc(CNC2=NCC(C)(C)CS2)ccn1. The number of hydrogen-bond acceptors (Lipinski definition) is 5. The second-order valence-corrected chi connectivity index (χ2v) is 6.10. The number of thioether (sulfide) groups is 1. The van der Waals surface area contributed by atoms with Crippen LogP contribution in [-0.2, 0) is 6.54 Å². The van der Waals surface area contributed by atoms with Crippen LogP contribution in [0, 0.1) is 5.41 Å². The zero-order chi connectivity index (χ0) is 13.0. The summed E-state index contributed by atoms with van der Waals surface area (Å²) in [6.07, 6.45) is 1.76. The fraction of sp³-hybridized carbons (Fsp3) is 0.538. The predicted molar refractivity (Wildman–Crippen MR) is 76.2 cm³/mol. The van der Waals surface area contributed by atoms with Crippen LogP contribution in [0.25, 0.3) is 0 Å². The highest BCUT2D eigenvalue weighted by Gasteiger charge is 2.23. The van der Waals surface area contributed by atoms with E-state index in [0.717, 1.165) is 29.6 Å². The van der Waals surface area contributed by atoms with E-state index in [0.29, 0.717) is 11.3 Å². The molecule has 0 amide bonds. The van der Waals surface area contributed by atoms with Crippen LogP contribution in [0.5, 0.6) is 5.88 Å². The average Bonchev–Trinajstić information content (AvgIpc) is 2.38. The summed E-state index contributed by atoms with van der Waals surface area (Å²) < 4.78 is 5.10. The quantitative estimate of drug-likeness (QED) is 0.911. The van der Waals surface area contributed by atoms with Crippen LogP contribution in [0.15, 0.2) is 23.3 Å². The summed E-state index contributed by atoms with van der Waals surface area (Å²) in [5.41, 5.74) is 1.46. The van der Waals surface area contributed by atoms with Gasteiger partial charge in [-0.1, -0.05) is 25.6 Å². The molecule has 0 aromatic carbocycles. The number of nitrogens with zero attached hydrogens (tertiary/aromatic N) is 2. The topological polar surface area (TPSA) is 46.5 Å². The number of amidine groups is 1. The van der Waals surface area contributed by atoms with Crippen LogP contribution in [0.2, 0.25) is 0 Å². The van der Waals surface area contributed by atoms with Crippen LogP contribution in [-0.4, -0.2) is 29.6 Å². The molecule has 0 bridgehead atoms. The third-order valence-electron chi connectivity index (χ3n) is 2.70. The second-order valence-electron chi connectivity index (χ2n) is 5.13. The number of nitrogens with one attached hydrogen (secondary N) is 1. The fourth-order valence-electron chi connectivity index (χ4n) is 1.60. The van der Waals surface area contributed by atoms with Crippen molar-refractivity contribution in [3.05, 3.63) is 23.9 Å². The van der Waals surface area contributed by atoms with Crippen molar-refractivity contribution in [2.24, 2.45) is 10.4 Å². The lowest BCUT2D eigenvalue weighted by Gasteiger charge is -2.27. The van der Waals surface area contributed by atoms with Crippen molar-refractivity contribution >= 4 is 16.9 Å². The van der Waals surface area contributed by atoms with Gasteiger partial charge in [0.2, 0.25) is 5.88 Å². The molecule has 2 rings (SSSR count). The molecular formula is C13H19N3OS. The lowest BCUT2D eigenvalue weighted by atomic mass is 9.97. The Kier molecular flexibility index (Phi) is 4.11. The molecule has 4 nitrogen and oxygen atoms in total. The standard InChI is InChI=1S/C13H19N3OS/c1-13(2)8-16-12(18-9-13)15-7-10-4-5-14-11(6-10)17-3/h4-6H,7-9H2,1-3H3,(H,15,16). The van der Waals surface area contributed by atoms with Gasteiger partial charge in [-0.15, -0.1) is 0 Å². The van der Waals surface area contributed by atoms with Gasteiger partial charge in [0.05, 0.1) is 7.11 Å². The maximum atomic E-state index is 5.10. The Labute approximate surface area is 112 Å². The van der Waals surface area contributed by atoms with Gasteiger partial charge in [0.1, 0.15) is 0 Å². The molecule has 1 aliphatic rings. The number of hydrogen-bond donors (Lipinski definition) is 1. The maximum absolute atomic E-state index is 5.10. The van der Waals surface area contributed by atoms with E-state index in [9.17, 15) is 0 Å². The summed E-state index contributed by atoms with van der Waals surface area (Å²) in [6, 6.07) is 3.92. The average molecular weight is 265 g/mol. The Morgan fingerprint density at radius 2 is 2.33 bits per heavy atom. The predicted octanol–water partition coefficient (Wildman–Crippen LogP) is 2.31. The molecule has 98 valence electrons. The molecule has 0 aliphatic carbocycles. The third-order valence-corrected chi connectivity index (χ3v) is 4.18. The van der Waals surface area contributed by atoms with Gasteiger partial charge in [0.25, 0.3) is 0 Å². The first-order valence-corrected chi connectivity index (χ1v) is 6.98. The van der Waals surface area contributed by atoms with Gasteiger partial charge in [-0.05, 0) is 17.0 Å². The number of methoxy groups -OCH3 is 1. The molecule has 0 unspecified atom stereocenters. The Balaban J connectivity index is 1.90. The van der Waals surface area contributed by atoms with Gasteiger partial charge in [-0.25, -0.2) is 4.98 Å². The number of ether oxygens (including phenoxy) is 1. The van der Waals surface area contributed by atoms with E-state index in [1.807, 2.05) is 12.1 Å². The molecule has 5 heteroatoms. The van der Waals surface area contributed by atoms with E-state index in [-0.39, 0.29) is 0 Å². The Morgan fingerprint density at radius 3 is 3.00 bits per heavy atom. The minimum atomic E-state index is 0.315. The highest BCUT2D eigenvalue weighted by atomic mass is 32.2. The molecule has 0 saturated carbocycles. The van der Waals surface area contributed by atoms with Crippen LogP contribution < -0.4 is 10.1 Å². The minimum Gasteiger partial charge on any atom is -0.481 e. The van der Waals surface area contributed by atoms with Crippen LogP contribution >= 0.6 is 11.8 Å². The lowest BCUT2D eigenvalue weighted by molar-refractivity contribution is 0.397. The maximum Gasteiger partial charge on any atom is 0.213 e. The molecule has 1 aromatic heterocycles. The van der Waals surface area contributed by atoms with E-state index < -0.39 is 0 Å². The summed E-state index contributed by atoms with van der Waals surface area (Å²) in [5.74, 6) is 1.76. The Hall–Kier alpha value is -1.23. The lowest BCUT2D eigenvalue weighted by Crippen LogP contribution is -2.30. The van der Waals surface area contributed by atoms with Crippen molar-refractivity contribution in [2.45, 2.75) is 20.4 Å². The molecule has 0 saturated heterocycles. The first kappa shape index (κ1) is 13.2.